The second-order valence-electron chi connectivity index (χ2n) is 6.29. The Morgan fingerprint density at radius 3 is 2.62 bits per heavy atom. The summed E-state index contributed by atoms with van der Waals surface area (Å²) in [5.74, 6) is 1.27. The van der Waals surface area contributed by atoms with Gasteiger partial charge >= 0.3 is 0 Å². The van der Waals surface area contributed by atoms with Crippen LogP contribution in [0.1, 0.15) is 28.9 Å². The highest BCUT2D eigenvalue weighted by Crippen LogP contribution is 2.40. The van der Waals surface area contributed by atoms with Gasteiger partial charge in [0.05, 0.1) is 23.4 Å². The molecule has 1 aromatic heterocycles. The first kappa shape index (κ1) is 16.1. The number of ketones is 1. The number of carbonyl (C=O) groups excluding carboxylic acids is 1. The fraction of sp³-hybridized carbons (Fsp3) is 0.143. The summed E-state index contributed by atoms with van der Waals surface area (Å²) >= 11 is 0. The monoisotopic (exact) mass is 346 g/mol. The normalized spacial score (nSPS) is 18.7. The number of pyridine rings is 1. The van der Waals surface area contributed by atoms with E-state index in [2.05, 4.69) is 4.98 Å². The van der Waals surface area contributed by atoms with E-state index >= 15 is 0 Å². The second kappa shape index (κ2) is 6.52. The number of anilines is 1. The first-order valence-corrected chi connectivity index (χ1v) is 8.41. The Morgan fingerprint density at radius 1 is 1.08 bits per heavy atom. The maximum Gasteiger partial charge on any atom is 0.219 e. The standard InChI is InChI=1S/C21H18N2O3/c1-13-20(24)17-11-16(25-19-10-7-15(22)12-23-19)8-9-18(17)26-21(13)14-5-3-2-4-6-14/h2-13,21H,22H2,1H3. The molecule has 5 heteroatoms. The first-order chi connectivity index (χ1) is 12.6. The van der Waals surface area contributed by atoms with Gasteiger partial charge in [-0.3, -0.25) is 4.79 Å². The molecule has 4 rings (SSSR count). The largest absolute Gasteiger partial charge is 0.484 e. The van der Waals surface area contributed by atoms with Crippen LogP contribution in [0.4, 0.5) is 5.69 Å². The Balaban J connectivity index is 1.62. The molecule has 3 aromatic rings. The Hall–Kier alpha value is -3.34. The van der Waals surface area contributed by atoms with E-state index in [9.17, 15) is 4.79 Å². The summed E-state index contributed by atoms with van der Waals surface area (Å²) in [6.45, 7) is 1.89. The predicted octanol–water partition coefficient (Wildman–Crippen LogP) is 4.41. The fourth-order valence-corrected chi connectivity index (χ4v) is 3.06. The minimum absolute atomic E-state index is 0.0378. The number of Topliss-reactive ketones (excluding diaryl/α,β-unsaturated/α-hetero) is 1. The van der Waals surface area contributed by atoms with Gasteiger partial charge in [-0.15, -0.1) is 0 Å². The van der Waals surface area contributed by atoms with Crippen LogP contribution in [-0.2, 0) is 0 Å². The van der Waals surface area contributed by atoms with Crippen molar-refractivity contribution in [2.75, 3.05) is 5.73 Å². The lowest BCUT2D eigenvalue weighted by Gasteiger charge is -2.31. The average Bonchev–Trinajstić information content (AvgIpc) is 2.67. The molecule has 5 nitrogen and oxygen atoms in total. The summed E-state index contributed by atoms with van der Waals surface area (Å²) in [6, 6.07) is 18.4. The molecule has 0 radical (unpaired) electrons. The van der Waals surface area contributed by atoms with Gasteiger partial charge in [-0.2, -0.15) is 0 Å². The van der Waals surface area contributed by atoms with Crippen LogP contribution >= 0.6 is 0 Å². The molecule has 2 unspecified atom stereocenters. The van der Waals surface area contributed by atoms with Crippen LogP contribution in [0.2, 0.25) is 0 Å². The van der Waals surface area contributed by atoms with Crippen molar-refractivity contribution in [2.45, 2.75) is 13.0 Å². The van der Waals surface area contributed by atoms with Gasteiger partial charge in [0, 0.05) is 6.07 Å². The van der Waals surface area contributed by atoms with Crippen molar-refractivity contribution in [2.24, 2.45) is 5.92 Å². The molecule has 0 bridgehead atoms. The lowest BCUT2D eigenvalue weighted by Crippen LogP contribution is -2.29. The smallest absolute Gasteiger partial charge is 0.219 e. The lowest BCUT2D eigenvalue weighted by molar-refractivity contribution is 0.0690. The van der Waals surface area contributed by atoms with Crippen molar-refractivity contribution < 1.29 is 14.3 Å². The van der Waals surface area contributed by atoms with Crippen molar-refractivity contribution in [3.63, 3.8) is 0 Å². The zero-order valence-corrected chi connectivity index (χ0v) is 14.3. The highest BCUT2D eigenvalue weighted by atomic mass is 16.5. The molecule has 0 amide bonds. The summed E-state index contributed by atoms with van der Waals surface area (Å²) in [5, 5.41) is 0. The van der Waals surface area contributed by atoms with Crippen molar-refractivity contribution >= 4 is 11.5 Å². The molecule has 2 heterocycles. The highest BCUT2D eigenvalue weighted by Gasteiger charge is 2.35. The van der Waals surface area contributed by atoms with Gasteiger partial charge in [-0.1, -0.05) is 37.3 Å². The molecule has 0 spiro atoms. The molecular formula is C21H18N2O3. The van der Waals surface area contributed by atoms with Crippen LogP contribution in [0.25, 0.3) is 0 Å². The van der Waals surface area contributed by atoms with E-state index in [4.69, 9.17) is 15.2 Å². The van der Waals surface area contributed by atoms with Gasteiger partial charge < -0.3 is 15.2 Å². The van der Waals surface area contributed by atoms with E-state index in [0.717, 1.165) is 5.56 Å². The van der Waals surface area contributed by atoms with E-state index in [-0.39, 0.29) is 17.8 Å². The topological polar surface area (TPSA) is 74.4 Å². The number of nitrogens with zero attached hydrogens (tertiary/aromatic N) is 1. The van der Waals surface area contributed by atoms with Crippen LogP contribution in [0.3, 0.4) is 0 Å². The maximum absolute atomic E-state index is 12.9. The van der Waals surface area contributed by atoms with Crippen molar-refractivity contribution in [3.05, 3.63) is 78.0 Å². The number of hydrogen-bond donors (Lipinski definition) is 1. The van der Waals surface area contributed by atoms with E-state index in [1.807, 2.05) is 37.3 Å². The van der Waals surface area contributed by atoms with Gasteiger partial charge in [-0.05, 0) is 29.8 Å². The number of benzene rings is 2. The molecule has 26 heavy (non-hydrogen) atoms. The Bertz CT molecular complexity index is 939. The molecular weight excluding hydrogens is 328 g/mol. The zero-order valence-electron chi connectivity index (χ0n) is 14.3. The van der Waals surface area contributed by atoms with Crippen LogP contribution < -0.4 is 15.2 Å². The fourth-order valence-electron chi connectivity index (χ4n) is 3.06. The summed E-state index contributed by atoms with van der Waals surface area (Å²) in [5.41, 5.74) is 7.71. The Morgan fingerprint density at radius 2 is 1.88 bits per heavy atom. The molecule has 0 saturated carbocycles. The number of fused-ring (bicyclic) bond motifs is 1. The molecule has 2 aromatic carbocycles. The highest BCUT2D eigenvalue weighted by molar-refractivity contribution is 6.01. The third-order valence-electron chi connectivity index (χ3n) is 4.45. The summed E-state index contributed by atoms with van der Waals surface area (Å²) in [6.07, 6.45) is 1.23. The number of carbonyl (C=O) groups is 1. The average molecular weight is 346 g/mol. The van der Waals surface area contributed by atoms with Gasteiger partial charge in [0.25, 0.3) is 0 Å². The van der Waals surface area contributed by atoms with Gasteiger partial charge in [-0.25, -0.2) is 4.98 Å². The minimum Gasteiger partial charge on any atom is -0.484 e. The number of nitrogens with two attached hydrogens (primary N) is 1. The molecule has 2 N–H and O–H groups in total. The number of nitrogen functional groups attached to an aromatic ring is 1. The molecule has 1 aliphatic rings. The van der Waals surface area contributed by atoms with Gasteiger partial charge in [0.1, 0.15) is 17.6 Å². The van der Waals surface area contributed by atoms with E-state index in [0.29, 0.717) is 28.6 Å². The number of aromatic nitrogens is 1. The summed E-state index contributed by atoms with van der Waals surface area (Å²) in [4.78, 5) is 17.0. The SMILES string of the molecule is CC1C(=O)c2cc(Oc3ccc(N)cn3)ccc2OC1c1ccccc1. The number of rotatable bonds is 3. The first-order valence-electron chi connectivity index (χ1n) is 8.41. The Labute approximate surface area is 151 Å². The van der Waals surface area contributed by atoms with Crippen LogP contribution in [0.15, 0.2) is 66.9 Å². The number of ether oxygens (including phenoxy) is 2. The van der Waals surface area contributed by atoms with Crippen LogP contribution in [-0.4, -0.2) is 10.8 Å². The third-order valence-corrected chi connectivity index (χ3v) is 4.45. The molecule has 2 atom stereocenters. The zero-order chi connectivity index (χ0) is 18.1. The van der Waals surface area contributed by atoms with Crippen molar-refractivity contribution in [3.8, 4) is 17.4 Å². The van der Waals surface area contributed by atoms with Gasteiger partial charge in [0.2, 0.25) is 5.88 Å². The molecule has 0 aliphatic carbocycles. The third kappa shape index (κ3) is 2.99. The lowest BCUT2D eigenvalue weighted by atomic mass is 9.87. The van der Waals surface area contributed by atoms with Crippen molar-refractivity contribution in [1.29, 1.82) is 0 Å². The maximum atomic E-state index is 12.9. The summed E-state index contributed by atoms with van der Waals surface area (Å²) < 4.78 is 11.8. The molecule has 0 saturated heterocycles. The minimum atomic E-state index is -0.290. The van der Waals surface area contributed by atoms with Crippen LogP contribution in [0.5, 0.6) is 17.4 Å². The number of hydrogen-bond acceptors (Lipinski definition) is 5. The van der Waals surface area contributed by atoms with Gasteiger partial charge in [0.15, 0.2) is 5.78 Å². The molecule has 1 aliphatic heterocycles. The Kier molecular flexibility index (Phi) is 4.05. The molecule has 0 fully saturated rings. The van der Waals surface area contributed by atoms with E-state index in [1.165, 1.54) is 6.20 Å². The van der Waals surface area contributed by atoms with E-state index < -0.39 is 0 Å². The summed E-state index contributed by atoms with van der Waals surface area (Å²) in [7, 11) is 0. The predicted molar refractivity (Wildman–Crippen MR) is 98.5 cm³/mol. The quantitative estimate of drug-likeness (QED) is 0.760. The van der Waals surface area contributed by atoms with E-state index in [1.54, 1.807) is 30.3 Å². The second-order valence-corrected chi connectivity index (χ2v) is 6.29. The van der Waals surface area contributed by atoms with Crippen LogP contribution in [0, 0.1) is 5.92 Å². The van der Waals surface area contributed by atoms with Crippen molar-refractivity contribution in [1.82, 2.24) is 4.98 Å². The molecule has 130 valence electrons.